The molecule has 194 valence electrons. The average Bonchev–Trinajstić information content (AvgIpc) is 2.91. The van der Waals surface area contributed by atoms with Gasteiger partial charge in [-0.05, 0) is 42.0 Å². The van der Waals surface area contributed by atoms with Gasteiger partial charge in [0.2, 0.25) is 0 Å². The SMILES string of the molecule is O=C(Nc1cccc(F)c1)Nc1cccc(-c2c(C(=O)c3ccccc3)cnc3c(C(F)(F)F)cccc23)c1. The Balaban J connectivity index is 1.61. The molecule has 1 aromatic heterocycles. The van der Waals surface area contributed by atoms with Gasteiger partial charge in [-0.3, -0.25) is 9.78 Å². The number of para-hydroxylation sites is 1. The maximum Gasteiger partial charge on any atom is 0.418 e. The number of nitrogens with zero attached hydrogens (tertiary/aromatic N) is 1. The van der Waals surface area contributed by atoms with Gasteiger partial charge in [-0.2, -0.15) is 13.2 Å². The predicted molar refractivity (Wildman–Crippen MR) is 141 cm³/mol. The Morgan fingerprint density at radius 2 is 1.41 bits per heavy atom. The summed E-state index contributed by atoms with van der Waals surface area (Å²) in [6.45, 7) is 0. The number of pyridine rings is 1. The molecule has 39 heavy (non-hydrogen) atoms. The summed E-state index contributed by atoms with van der Waals surface area (Å²) in [5.41, 5.74) is 0.398. The van der Waals surface area contributed by atoms with Crippen LogP contribution >= 0.6 is 0 Å². The van der Waals surface area contributed by atoms with Crippen molar-refractivity contribution in [3.8, 4) is 11.1 Å². The number of hydrogen-bond acceptors (Lipinski definition) is 3. The van der Waals surface area contributed by atoms with Gasteiger partial charge in [0.25, 0.3) is 0 Å². The minimum atomic E-state index is -4.66. The van der Waals surface area contributed by atoms with E-state index in [0.717, 1.165) is 18.3 Å². The zero-order chi connectivity index (χ0) is 27.6. The Kier molecular flexibility index (Phi) is 6.81. The summed E-state index contributed by atoms with van der Waals surface area (Å²) in [6, 6.07) is 23.1. The molecule has 0 unspecified atom stereocenters. The lowest BCUT2D eigenvalue weighted by Crippen LogP contribution is -2.19. The largest absolute Gasteiger partial charge is 0.418 e. The fourth-order valence-electron chi connectivity index (χ4n) is 4.29. The lowest BCUT2D eigenvalue weighted by atomic mass is 9.91. The standard InChI is InChI=1S/C30H19F4N3O2/c31-20-10-5-12-22(16-20)37-29(39)36-21-11-4-9-19(15-21)26-23-13-6-14-25(30(32,33)34)27(23)35-17-24(26)28(38)18-7-2-1-3-8-18/h1-17H,(H2,36,37,39). The highest BCUT2D eigenvalue weighted by molar-refractivity contribution is 6.17. The molecule has 2 N–H and O–H groups in total. The van der Waals surface area contributed by atoms with Crippen LogP contribution in [0.15, 0.2) is 103 Å². The second-order valence-electron chi connectivity index (χ2n) is 8.61. The van der Waals surface area contributed by atoms with E-state index in [0.29, 0.717) is 16.8 Å². The zero-order valence-electron chi connectivity index (χ0n) is 20.1. The van der Waals surface area contributed by atoms with Crippen LogP contribution in [0.5, 0.6) is 0 Å². The highest BCUT2D eigenvalue weighted by Crippen LogP contribution is 2.39. The number of hydrogen-bond donors (Lipinski definition) is 2. The Hall–Kier alpha value is -5.05. The number of benzene rings is 4. The number of amides is 2. The third-order valence-electron chi connectivity index (χ3n) is 5.98. The van der Waals surface area contributed by atoms with E-state index in [4.69, 9.17) is 0 Å². The number of carbonyl (C=O) groups excluding carboxylic acids is 2. The molecule has 0 radical (unpaired) electrons. The molecule has 9 heteroatoms. The third-order valence-corrected chi connectivity index (χ3v) is 5.98. The first-order chi connectivity index (χ1) is 18.7. The molecule has 0 aliphatic heterocycles. The van der Waals surface area contributed by atoms with Crippen molar-refractivity contribution in [2.45, 2.75) is 6.18 Å². The first-order valence-electron chi connectivity index (χ1n) is 11.7. The molecule has 0 saturated carbocycles. The van der Waals surface area contributed by atoms with Crippen LogP contribution in [-0.2, 0) is 6.18 Å². The van der Waals surface area contributed by atoms with Gasteiger partial charge in [0, 0.05) is 39.6 Å². The molecule has 0 fully saturated rings. The van der Waals surface area contributed by atoms with Gasteiger partial charge in [-0.15, -0.1) is 0 Å². The molecule has 5 rings (SSSR count). The van der Waals surface area contributed by atoms with Crippen molar-refractivity contribution in [3.63, 3.8) is 0 Å². The van der Waals surface area contributed by atoms with Gasteiger partial charge < -0.3 is 10.6 Å². The molecule has 0 spiro atoms. The molecule has 0 aliphatic rings. The fourth-order valence-corrected chi connectivity index (χ4v) is 4.29. The molecule has 0 saturated heterocycles. The topological polar surface area (TPSA) is 71.1 Å². The monoisotopic (exact) mass is 529 g/mol. The van der Waals surface area contributed by atoms with Crippen LogP contribution in [-0.4, -0.2) is 16.8 Å². The number of rotatable bonds is 5. The quantitative estimate of drug-likeness (QED) is 0.179. The number of alkyl halides is 3. The van der Waals surface area contributed by atoms with E-state index in [-0.39, 0.29) is 27.7 Å². The second kappa shape index (κ2) is 10.4. The van der Waals surface area contributed by atoms with Crippen LogP contribution < -0.4 is 10.6 Å². The summed E-state index contributed by atoms with van der Waals surface area (Å²) >= 11 is 0. The smallest absolute Gasteiger partial charge is 0.308 e. The van der Waals surface area contributed by atoms with Gasteiger partial charge in [-0.25, -0.2) is 9.18 Å². The summed E-state index contributed by atoms with van der Waals surface area (Å²) in [7, 11) is 0. The molecule has 5 nitrogen and oxygen atoms in total. The van der Waals surface area contributed by atoms with Crippen LogP contribution in [0.1, 0.15) is 21.5 Å². The van der Waals surface area contributed by atoms with E-state index in [9.17, 15) is 27.2 Å². The number of anilines is 2. The number of aromatic nitrogens is 1. The minimum Gasteiger partial charge on any atom is -0.308 e. The Morgan fingerprint density at radius 1 is 0.744 bits per heavy atom. The highest BCUT2D eigenvalue weighted by Gasteiger charge is 2.34. The number of urea groups is 1. The molecule has 4 aromatic carbocycles. The predicted octanol–water partition coefficient (Wildman–Crippen LogP) is 7.93. The van der Waals surface area contributed by atoms with E-state index < -0.39 is 29.4 Å². The summed E-state index contributed by atoms with van der Waals surface area (Å²) in [5, 5.41) is 5.28. The van der Waals surface area contributed by atoms with Gasteiger partial charge in [0.1, 0.15) is 5.82 Å². The van der Waals surface area contributed by atoms with Crippen molar-refractivity contribution < 1.29 is 27.2 Å². The summed E-state index contributed by atoms with van der Waals surface area (Å²) < 4.78 is 54.9. The number of fused-ring (bicyclic) bond motifs is 1. The fraction of sp³-hybridized carbons (Fsp3) is 0.0333. The molecule has 5 aromatic rings. The Morgan fingerprint density at radius 3 is 2.10 bits per heavy atom. The molecular weight excluding hydrogens is 510 g/mol. The van der Waals surface area contributed by atoms with Crippen molar-refractivity contribution in [3.05, 3.63) is 126 Å². The van der Waals surface area contributed by atoms with Crippen LogP contribution in [0.3, 0.4) is 0 Å². The van der Waals surface area contributed by atoms with Gasteiger partial charge in [0.05, 0.1) is 11.1 Å². The van der Waals surface area contributed by atoms with Crippen molar-refractivity contribution in [1.29, 1.82) is 0 Å². The van der Waals surface area contributed by atoms with Crippen LogP contribution in [0.2, 0.25) is 0 Å². The number of carbonyl (C=O) groups is 2. The van der Waals surface area contributed by atoms with E-state index >= 15 is 0 Å². The molecule has 0 atom stereocenters. The lowest BCUT2D eigenvalue weighted by Gasteiger charge is -2.16. The molecule has 0 bridgehead atoms. The van der Waals surface area contributed by atoms with Crippen LogP contribution in [0.4, 0.5) is 33.7 Å². The van der Waals surface area contributed by atoms with Gasteiger partial charge in [-0.1, -0.05) is 60.7 Å². The Labute approximate surface area is 220 Å². The summed E-state index contributed by atoms with van der Waals surface area (Å²) in [4.78, 5) is 30.1. The number of nitrogens with one attached hydrogen (secondary N) is 2. The van der Waals surface area contributed by atoms with Crippen molar-refractivity contribution >= 4 is 34.1 Å². The van der Waals surface area contributed by atoms with Crippen molar-refractivity contribution in [2.75, 3.05) is 10.6 Å². The normalized spacial score (nSPS) is 11.3. The number of halogens is 4. The Bertz CT molecular complexity index is 1700. The van der Waals surface area contributed by atoms with Crippen molar-refractivity contribution in [1.82, 2.24) is 4.98 Å². The van der Waals surface area contributed by atoms with Crippen LogP contribution in [0, 0.1) is 5.82 Å². The second-order valence-corrected chi connectivity index (χ2v) is 8.61. The zero-order valence-corrected chi connectivity index (χ0v) is 20.1. The minimum absolute atomic E-state index is 0.106. The van der Waals surface area contributed by atoms with Gasteiger partial charge in [0.15, 0.2) is 5.78 Å². The first-order valence-corrected chi connectivity index (χ1v) is 11.7. The first kappa shape index (κ1) is 25.6. The summed E-state index contributed by atoms with van der Waals surface area (Å²) in [6.07, 6.45) is -3.51. The third kappa shape index (κ3) is 5.47. The highest BCUT2D eigenvalue weighted by atomic mass is 19.4. The maximum absolute atomic E-state index is 13.8. The van der Waals surface area contributed by atoms with Crippen molar-refractivity contribution in [2.24, 2.45) is 0 Å². The van der Waals surface area contributed by atoms with Crippen LogP contribution in [0.25, 0.3) is 22.0 Å². The lowest BCUT2D eigenvalue weighted by molar-refractivity contribution is -0.136. The molecule has 2 amide bonds. The molecular formula is C30H19F4N3O2. The molecule has 0 aliphatic carbocycles. The maximum atomic E-state index is 13.8. The summed E-state index contributed by atoms with van der Waals surface area (Å²) in [5.74, 6) is -0.937. The van der Waals surface area contributed by atoms with E-state index in [1.54, 1.807) is 54.6 Å². The van der Waals surface area contributed by atoms with Gasteiger partial charge >= 0.3 is 12.2 Å². The van der Waals surface area contributed by atoms with E-state index in [2.05, 4.69) is 15.6 Å². The number of ketones is 1. The van der Waals surface area contributed by atoms with E-state index in [1.165, 1.54) is 30.3 Å². The molecule has 1 heterocycles. The average molecular weight is 529 g/mol. The van der Waals surface area contributed by atoms with E-state index in [1.807, 2.05) is 0 Å².